The Hall–Kier alpha value is -3.67. The Bertz CT molecular complexity index is 1170. The third kappa shape index (κ3) is 7.94. The molecule has 3 rings (SSSR count). The van der Waals surface area contributed by atoms with E-state index in [4.69, 9.17) is 14.2 Å². The van der Waals surface area contributed by atoms with Gasteiger partial charge in [-0.05, 0) is 62.6 Å². The average Bonchev–Trinajstić information content (AvgIpc) is 2.82. The Morgan fingerprint density at radius 2 is 1.53 bits per heavy atom. The molecule has 0 unspecified atom stereocenters. The van der Waals surface area contributed by atoms with E-state index >= 15 is 0 Å². The van der Waals surface area contributed by atoms with E-state index in [0.717, 1.165) is 16.7 Å². The zero-order valence-electron chi connectivity index (χ0n) is 21.4. The molecule has 0 spiro atoms. The van der Waals surface area contributed by atoms with Crippen LogP contribution < -0.4 is 4.74 Å². The van der Waals surface area contributed by atoms with E-state index in [0.29, 0.717) is 5.75 Å². The third-order valence-electron chi connectivity index (χ3n) is 5.41. The van der Waals surface area contributed by atoms with Gasteiger partial charge in [-0.25, -0.2) is 4.39 Å². The molecule has 190 valence electrons. The number of carbonyl (C=O) groups is 2. The van der Waals surface area contributed by atoms with Gasteiger partial charge in [-0.15, -0.1) is 0 Å². The molecule has 0 saturated carbocycles. The van der Waals surface area contributed by atoms with Crippen molar-refractivity contribution >= 4 is 11.9 Å². The van der Waals surface area contributed by atoms with Crippen molar-refractivity contribution in [1.82, 2.24) is 0 Å². The number of carbonyl (C=O) groups excluding carboxylic acids is 2. The summed E-state index contributed by atoms with van der Waals surface area (Å²) in [5, 5.41) is 0. The minimum Gasteiger partial charge on any atom is -0.482 e. The molecule has 3 aromatic carbocycles. The summed E-state index contributed by atoms with van der Waals surface area (Å²) in [6.07, 6.45) is -1.54. The number of rotatable bonds is 9. The molecule has 3 atom stereocenters. The first kappa shape index (κ1) is 26.9. The fraction of sp³-hybridized carbons (Fsp3) is 0.333. The molecule has 0 amide bonds. The smallest absolute Gasteiger partial charge is 0.309 e. The number of hydrogen-bond donors (Lipinski definition) is 0. The first-order valence-electron chi connectivity index (χ1n) is 12.0. The first-order chi connectivity index (χ1) is 17.0. The van der Waals surface area contributed by atoms with Gasteiger partial charge in [-0.2, -0.15) is 0 Å². The van der Waals surface area contributed by atoms with Crippen molar-refractivity contribution in [2.24, 2.45) is 5.92 Å². The van der Waals surface area contributed by atoms with Gasteiger partial charge in [-0.1, -0.05) is 61.5 Å². The standard InChI is InChI=1S/C30H33FO5/c1-20(17-27(32)36-30(3,4)5)29(33)34-21(2)28(35-26-16-10-15-25(31)19-26)24-14-9-13-23(18-24)22-11-7-6-8-12-22/h6-16,18-21,28H,17H2,1-5H3/t20-,21+,28+/m1/s1. The number of ether oxygens (including phenoxy) is 3. The van der Waals surface area contributed by atoms with E-state index in [1.807, 2.05) is 54.6 Å². The molecule has 0 N–H and O–H groups in total. The zero-order chi connectivity index (χ0) is 26.3. The summed E-state index contributed by atoms with van der Waals surface area (Å²) in [7, 11) is 0. The van der Waals surface area contributed by atoms with Gasteiger partial charge in [0.25, 0.3) is 0 Å². The van der Waals surface area contributed by atoms with E-state index in [9.17, 15) is 14.0 Å². The van der Waals surface area contributed by atoms with Crippen LogP contribution in [0.5, 0.6) is 5.75 Å². The Morgan fingerprint density at radius 1 is 0.861 bits per heavy atom. The lowest BCUT2D eigenvalue weighted by Crippen LogP contribution is -2.31. The van der Waals surface area contributed by atoms with Crippen molar-refractivity contribution in [3.05, 3.63) is 90.2 Å². The summed E-state index contributed by atoms with van der Waals surface area (Å²) in [6.45, 7) is 8.66. The van der Waals surface area contributed by atoms with Gasteiger partial charge < -0.3 is 14.2 Å². The Labute approximate surface area is 212 Å². The van der Waals surface area contributed by atoms with Crippen LogP contribution in [0.4, 0.5) is 4.39 Å². The predicted octanol–water partition coefficient (Wildman–Crippen LogP) is 6.91. The lowest BCUT2D eigenvalue weighted by Gasteiger charge is -2.27. The molecule has 0 aromatic heterocycles. The summed E-state index contributed by atoms with van der Waals surface area (Å²) in [6, 6.07) is 23.4. The Morgan fingerprint density at radius 3 is 2.19 bits per heavy atom. The topological polar surface area (TPSA) is 61.8 Å². The molecule has 0 bridgehead atoms. The van der Waals surface area contributed by atoms with Crippen LogP contribution in [0.25, 0.3) is 11.1 Å². The summed E-state index contributed by atoms with van der Waals surface area (Å²) in [5.41, 5.74) is 2.12. The lowest BCUT2D eigenvalue weighted by molar-refractivity contribution is -0.165. The van der Waals surface area contributed by atoms with Crippen molar-refractivity contribution in [2.45, 2.75) is 58.8 Å². The lowest BCUT2D eigenvalue weighted by atomic mass is 9.98. The molecular formula is C30H33FO5. The van der Waals surface area contributed by atoms with Gasteiger partial charge in [-0.3, -0.25) is 9.59 Å². The highest BCUT2D eigenvalue weighted by Gasteiger charge is 2.29. The molecule has 36 heavy (non-hydrogen) atoms. The molecule has 5 nitrogen and oxygen atoms in total. The molecule has 6 heteroatoms. The first-order valence-corrected chi connectivity index (χ1v) is 12.0. The second kappa shape index (κ2) is 11.8. The molecule has 0 aliphatic rings. The van der Waals surface area contributed by atoms with Gasteiger partial charge in [0, 0.05) is 6.07 Å². The van der Waals surface area contributed by atoms with E-state index in [1.165, 1.54) is 12.1 Å². The average molecular weight is 493 g/mol. The summed E-state index contributed by atoms with van der Waals surface area (Å²) in [5.74, 6) is -1.83. The normalized spacial score (nSPS) is 13.8. The van der Waals surface area contributed by atoms with E-state index < -0.39 is 41.5 Å². The van der Waals surface area contributed by atoms with Crippen molar-refractivity contribution in [1.29, 1.82) is 0 Å². The highest BCUT2D eigenvalue weighted by atomic mass is 19.1. The fourth-order valence-corrected chi connectivity index (χ4v) is 3.73. The van der Waals surface area contributed by atoms with Crippen LogP contribution in [0.15, 0.2) is 78.9 Å². The molecular weight excluding hydrogens is 459 g/mol. The SMILES string of the molecule is C[C@H](CC(=O)OC(C)(C)C)C(=O)O[C@@H](C)[C@H](Oc1cccc(F)c1)c1cccc(-c2ccccc2)c1. The van der Waals surface area contributed by atoms with Crippen molar-refractivity contribution < 1.29 is 28.2 Å². The van der Waals surface area contributed by atoms with Gasteiger partial charge in [0.05, 0.1) is 12.3 Å². The molecule has 0 radical (unpaired) electrons. The van der Waals surface area contributed by atoms with Crippen molar-refractivity contribution in [3.8, 4) is 16.9 Å². The van der Waals surface area contributed by atoms with E-state index in [1.54, 1.807) is 46.8 Å². The number of hydrogen-bond acceptors (Lipinski definition) is 5. The van der Waals surface area contributed by atoms with Gasteiger partial charge in [0.2, 0.25) is 0 Å². The summed E-state index contributed by atoms with van der Waals surface area (Å²) < 4.78 is 31.1. The van der Waals surface area contributed by atoms with Gasteiger partial charge in [0.1, 0.15) is 23.3 Å². The van der Waals surface area contributed by atoms with E-state index in [2.05, 4.69) is 0 Å². The molecule has 3 aromatic rings. The molecule has 0 fully saturated rings. The zero-order valence-corrected chi connectivity index (χ0v) is 21.4. The van der Waals surface area contributed by atoms with Crippen LogP contribution in [0, 0.1) is 11.7 Å². The Balaban J connectivity index is 1.82. The minimum absolute atomic E-state index is 0.0955. The van der Waals surface area contributed by atoms with Gasteiger partial charge >= 0.3 is 11.9 Å². The molecule has 0 heterocycles. The predicted molar refractivity (Wildman–Crippen MR) is 137 cm³/mol. The maximum atomic E-state index is 13.9. The maximum Gasteiger partial charge on any atom is 0.309 e. The van der Waals surface area contributed by atoms with Crippen molar-refractivity contribution in [2.75, 3.05) is 0 Å². The van der Waals surface area contributed by atoms with Crippen LogP contribution in [0.1, 0.15) is 52.7 Å². The second-order valence-electron chi connectivity index (χ2n) is 9.82. The largest absolute Gasteiger partial charge is 0.482 e. The third-order valence-corrected chi connectivity index (χ3v) is 5.41. The van der Waals surface area contributed by atoms with Gasteiger partial charge in [0.15, 0.2) is 6.10 Å². The van der Waals surface area contributed by atoms with Crippen LogP contribution in [0.2, 0.25) is 0 Å². The maximum absolute atomic E-state index is 13.9. The highest BCUT2D eigenvalue weighted by molar-refractivity contribution is 5.80. The quantitative estimate of drug-likeness (QED) is 0.304. The molecule has 0 aliphatic heterocycles. The van der Waals surface area contributed by atoms with E-state index in [-0.39, 0.29) is 6.42 Å². The van der Waals surface area contributed by atoms with Crippen LogP contribution in [-0.4, -0.2) is 23.6 Å². The Kier molecular flexibility index (Phi) is 8.86. The molecule has 0 aliphatic carbocycles. The van der Waals surface area contributed by atoms with Crippen LogP contribution in [-0.2, 0) is 19.1 Å². The fourth-order valence-electron chi connectivity index (χ4n) is 3.73. The number of esters is 2. The second-order valence-corrected chi connectivity index (χ2v) is 9.82. The van der Waals surface area contributed by atoms with Crippen molar-refractivity contribution in [3.63, 3.8) is 0 Å². The number of benzene rings is 3. The number of halogens is 1. The van der Waals surface area contributed by atoms with Crippen LogP contribution in [0.3, 0.4) is 0 Å². The summed E-state index contributed by atoms with van der Waals surface area (Å²) in [4.78, 5) is 25.0. The minimum atomic E-state index is -0.729. The molecule has 0 saturated heterocycles. The highest BCUT2D eigenvalue weighted by Crippen LogP contribution is 2.31. The monoisotopic (exact) mass is 492 g/mol. The van der Waals surface area contributed by atoms with Crippen LogP contribution >= 0.6 is 0 Å². The summed E-state index contributed by atoms with van der Waals surface area (Å²) >= 11 is 0.